The molecule has 0 aliphatic rings. The topological polar surface area (TPSA) is 89.6 Å². The van der Waals surface area contributed by atoms with Gasteiger partial charge in [-0.25, -0.2) is 4.79 Å². The van der Waals surface area contributed by atoms with Crippen LogP contribution in [0.5, 0.6) is 5.75 Å². The summed E-state index contributed by atoms with van der Waals surface area (Å²) in [4.78, 5) is 21.0. The van der Waals surface area contributed by atoms with Gasteiger partial charge in [-0.1, -0.05) is 12.1 Å². The van der Waals surface area contributed by atoms with Crippen molar-refractivity contribution < 1.29 is 19.4 Å². The normalized spacial score (nSPS) is 13.8. The van der Waals surface area contributed by atoms with E-state index in [4.69, 9.17) is 15.6 Å². The second-order valence-electron chi connectivity index (χ2n) is 3.84. The highest BCUT2D eigenvalue weighted by Gasteiger charge is 2.17. The molecular formula is C12H15NO4. The van der Waals surface area contributed by atoms with Gasteiger partial charge in [-0.15, -0.1) is 0 Å². The van der Waals surface area contributed by atoms with Crippen molar-refractivity contribution in [1.82, 2.24) is 0 Å². The smallest absolute Gasteiger partial charge is 0.352 e. The summed E-state index contributed by atoms with van der Waals surface area (Å²) in [5.74, 6) is -0.961. The van der Waals surface area contributed by atoms with E-state index in [1.54, 1.807) is 24.3 Å². The molecule has 2 atom stereocenters. The third-order valence-corrected chi connectivity index (χ3v) is 2.11. The maximum absolute atomic E-state index is 10.6. The molecule has 3 N–H and O–H groups in total. The number of aldehydes is 1. The van der Waals surface area contributed by atoms with Crippen molar-refractivity contribution >= 4 is 12.3 Å². The number of carboxylic acids is 1. The summed E-state index contributed by atoms with van der Waals surface area (Å²) in [6.07, 6.45) is -0.483. The number of nitrogens with two attached hydrogens (primary N) is 1. The van der Waals surface area contributed by atoms with Crippen LogP contribution >= 0.6 is 0 Å². The number of rotatable bonds is 6. The van der Waals surface area contributed by atoms with Crippen LogP contribution in [0, 0.1) is 0 Å². The minimum absolute atomic E-state index is 0.0588. The average Bonchev–Trinajstić information content (AvgIpc) is 2.26. The molecule has 0 aliphatic heterocycles. The molecule has 92 valence electrons. The summed E-state index contributed by atoms with van der Waals surface area (Å²) in [5.41, 5.74) is 6.68. The van der Waals surface area contributed by atoms with Crippen molar-refractivity contribution in [2.24, 2.45) is 5.73 Å². The van der Waals surface area contributed by atoms with Crippen molar-refractivity contribution in [3.05, 3.63) is 29.8 Å². The lowest BCUT2D eigenvalue weighted by Gasteiger charge is -2.10. The third kappa shape index (κ3) is 4.24. The fraction of sp³-hybridized carbons (Fsp3) is 0.333. The van der Waals surface area contributed by atoms with Crippen LogP contribution in [-0.4, -0.2) is 29.5 Å². The second-order valence-corrected chi connectivity index (χ2v) is 3.84. The van der Waals surface area contributed by atoms with Crippen molar-refractivity contribution in [1.29, 1.82) is 0 Å². The highest BCUT2D eigenvalue weighted by Crippen LogP contribution is 2.14. The van der Waals surface area contributed by atoms with E-state index in [0.717, 1.165) is 12.0 Å². The van der Waals surface area contributed by atoms with E-state index < -0.39 is 12.1 Å². The predicted molar refractivity (Wildman–Crippen MR) is 61.9 cm³/mol. The summed E-state index contributed by atoms with van der Waals surface area (Å²) in [6.45, 7) is 1.90. The molecule has 0 aromatic heterocycles. The molecule has 0 amide bonds. The van der Waals surface area contributed by atoms with Gasteiger partial charge < -0.3 is 15.6 Å². The Kier molecular flexibility index (Phi) is 4.66. The molecule has 0 aliphatic carbocycles. The van der Waals surface area contributed by atoms with Crippen LogP contribution in [0.4, 0.5) is 0 Å². The first-order chi connectivity index (χ1) is 8.02. The number of carbonyl (C=O) groups excluding carboxylic acids is 1. The van der Waals surface area contributed by atoms with E-state index in [9.17, 15) is 9.59 Å². The number of aliphatic carboxylic acids is 1. The number of benzene rings is 1. The summed E-state index contributed by atoms with van der Waals surface area (Å²) < 4.78 is 4.99. The Labute approximate surface area is 99.2 Å². The van der Waals surface area contributed by atoms with E-state index in [1.165, 1.54) is 0 Å². The number of hydrogen-bond acceptors (Lipinski definition) is 4. The van der Waals surface area contributed by atoms with Gasteiger partial charge in [0.1, 0.15) is 5.75 Å². The molecule has 0 spiro atoms. The molecule has 5 nitrogen and oxygen atoms in total. The quantitative estimate of drug-likeness (QED) is 0.558. The molecule has 17 heavy (non-hydrogen) atoms. The van der Waals surface area contributed by atoms with Crippen molar-refractivity contribution in [2.45, 2.75) is 25.5 Å². The lowest BCUT2D eigenvalue weighted by molar-refractivity contribution is -0.147. The van der Waals surface area contributed by atoms with E-state index >= 15 is 0 Å². The fourth-order valence-electron chi connectivity index (χ4n) is 1.36. The maximum Gasteiger partial charge on any atom is 0.352 e. The van der Waals surface area contributed by atoms with Gasteiger partial charge >= 0.3 is 5.97 Å². The van der Waals surface area contributed by atoms with Crippen molar-refractivity contribution in [2.75, 3.05) is 0 Å². The van der Waals surface area contributed by atoms with Gasteiger partial charge in [-0.2, -0.15) is 0 Å². The summed E-state index contributed by atoms with van der Waals surface area (Å²) in [7, 11) is 0. The Morgan fingerprint density at radius 3 is 2.47 bits per heavy atom. The van der Waals surface area contributed by atoms with Crippen molar-refractivity contribution in [3.63, 3.8) is 0 Å². The van der Waals surface area contributed by atoms with Crippen molar-refractivity contribution in [3.8, 4) is 5.75 Å². The fourth-order valence-corrected chi connectivity index (χ4v) is 1.36. The minimum Gasteiger partial charge on any atom is -0.478 e. The van der Waals surface area contributed by atoms with Crippen LogP contribution in [0.2, 0.25) is 0 Å². The number of carbonyl (C=O) groups is 2. The highest BCUT2D eigenvalue weighted by molar-refractivity contribution is 5.89. The van der Waals surface area contributed by atoms with Crippen LogP contribution in [0.15, 0.2) is 24.3 Å². The first-order valence-electron chi connectivity index (χ1n) is 5.22. The van der Waals surface area contributed by atoms with E-state index in [2.05, 4.69) is 0 Å². The first-order valence-corrected chi connectivity index (χ1v) is 5.22. The molecule has 0 fully saturated rings. The van der Waals surface area contributed by atoms with E-state index in [-0.39, 0.29) is 12.3 Å². The molecule has 0 heterocycles. The molecule has 1 aromatic carbocycles. The van der Waals surface area contributed by atoms with Crippen LogP contribution in [-0.2, 0) is 16.0 Å². The van der Waals surface area contributed by atoms with E-state index in [1.807, 2.05) is 6.92 Å². The summed E-state index contributed by atoms with van der Waals surface area (Å²) in [6, 6.07) is 6.89. The molecule has 0 saturated carbocycles. The van der Waals surface area contributed by atoms with E-state index in [0.29, 0.717) is 5.75 Å². The Hall–Kier alpha value is -1.88. The molecule has 0 bridgehead atoms. The molecular weight excluding hydrogens is 222 g/mol. The largest absolute Gasteiger partial charge is 0.478 e. The Balaban J connectivity index is 2.67. The first kappa shape index (κ1) is 13.2. The Morgan fingerprint density at radius 1 is 1.47 bits per heavy atom. The monoisotopic (exact) mass is 237 g/mol. The maximum atomic E-state index is 10.6. The lowest BCUT2D eigenvalue weighted by Crippen LogP contribution is -2.28. The van der Waals surface area contributed by atoms with Gasteiger partial charge in [0.15, 0.2) is 6.29 Å². The van der Waals surface area contributed by atoms with Gasteiger partial charge in [-0.3, -0.25) is 4.79 Å². The Bertz CT molecular complexity index is 386. The molecule has 1 rings (SSSR count). The average molecular weight is 237 g/mol. The molecule has 5 heteroatoms. The number of carboxylic acid groups (broad SMARTS) is 1. The molecule has 0 radical (unpaired) electrons. The summed E-state index contributed by atoms with van der Waals surface area (Å²) in [5, 5.41) is 8.64. The standard InChI is InChI=1S/C12H15NO4/c1-8(13)6-9-2-4-10(5-3-9)17-11(7-14)12(15)16/h2-5,7-8,11H,6,13H2,1H3,(H,15,16). The minimum atomic E-state index is -1.46. The van der Waals surface area contributed by atoms with Gasteiger partial charge in [-0.05, 0) is 31.0 Å². The Morgan fingerprint density at radius 2 is 2.06 bits per heavy atom. The lowest BCUT2D eigenvalue weighted by atomic mass is 10.1. The zero-order valence-corrected chi connectivity index (χ0v) is 9.50. The van der Waals surface area contributed by atoms with Crippen LogP contribution in [0.1, 0.15) is 12.5 Å². The number of hydrogen-bond donors (Lipinski definition) is 2. The van der Waals surface area contributed by atoms with Crippen LogP contribution in [0.25, 0.3) is 0 Å². The van der Waals surface area contributed by atoms with Gasteiger partial charge in [0.05, 0.1) is 0 Å². The SMILES string of the molecule is CC(N)Cc1ccc(OC(C=O)C(=O)O)cc1. The van der Waals surface area contributed by atoms with Gasteiger partial charge in [0, 0.05) is 6.04 Å². The van der Waals surface area contributed by atoms with Gasteiger partial charge in [0.2, 0.25) is 6.10 Å². The highest BCUT2D eigenvalue weighted by atomic mass is 16.5. The zero-order valence-electron chi connectivity index (χ0n) is 9.50. The predicted octanol–water partition coefficient (Wildman–Crippen LogP) is 0.607. The van der Waals surface area contributed by atoms with Crippen LogP contribution < -0.4 is 10.5 Å². The zero-order chi connectivity index (χ0) is 12.8. The molecule has 0 saturated heterocycles. The molecule has 2 unspecified atom stereocenters. The molecule has 1 aromatic rings. The van der Waals surface area contributed by atoms with Gasteiger partial charge in [0.25, 0.3) is 0 Å². The number of ether oxygens (including phenoxy) is 1. The van der Waals surface area contributed by atoms with Crippen LogP contribution in [0.3, 0.4) is 0 Å². The second kappa shape index (κ2) is 6.00. The summed E-state index contributed by atoms with van der Waals surface area (Å²) >= 11 is 0. The third-order valence-electron chi connectivity index (χ3n) is 2.11.